The van der Waals surface area contributed by atoms with E-state index in [1.54, 1.807) is 19.0 Å². The van der Waals surface area contributed by atoms with E-state index < -0.39 is 37.2 Å². The van der Waals surface area contributed by atoms with Gasteiger partial charge in [0.1, 0.15) is 0 Å². The average molecular weight is 739 g/mol. The van der Waals surface area contributed by atoms with Crippen molar-refractivity contribution >= 4 is 33.6 Å². The summed E-state index contributed by atoms with van der Waals surface area (Å²) in [6.45, 7) is 13.7. The lowest BCUT2D eigenvalue weighted by atomic mass is 9.65. The van der Waals surface area contributed by atoms with Crippen molar-refractivity contribution in [1.82, 2.24) is 25.6 Å². The highest BCUT2D eigenvalue weighted by Crippen LogP contribution is 2.62. The molecule has 6 N–H and O–H groups in total. The van der Waals surface area contributed by atoms with Crippen LogP contribution in [0.25, 0.3) is 0 Å². The third-order valence-corrected chi connectivity index (χ3v) is 15.6. The highest BCUT2D eigenvalue weighted by molar-refractivity contribution is 7.86. The third-order valence-electron chi connectivity index (χ3n) is 12.2. The van der Waals surface area contributed by atoms with Gasteiger partial charge in [-0.3, -0.25) is 19.1 Å². The molecule has 2 spiro atoms. The van der Waals surface area contributed by atoms with Crippen molar-refractivity contribution in [2.75, 3.05) is 46.2 Å². The van der Waals surface area contributed by atoms with Crippen molar-refractivity contribution in [3.63, 3.8) is 0 Å². The second kappa shape index (κ2) is 14.4. The molecule has 2 aromatic rings. The molecule has 2 aromatic carbocycles. The van der Waals surface area contributed by atoms with E-state index >= 15 is 0 Å². The van der Waals surface area contributed by atoms with Crippen LogP contribution in [0, 0.1) is 10.8 Å². The molecule has 4 aliphatic rings. The van der Waals surface area contributed by atoms with E-state index in [9.17, 15) is 18.0 Å². The molecule has 0 aromatic heterocycles. The highest BCUT2D eigenvalue weighted by Gasteiger charge is 2.56. The molecule has 0 bridgehead atoms. The highest BCUT2D eigenvalue weighted by atomic mass is 32.2. The number of carbonyl (C=O) groups excluding carboxylic acids is 2. The fourth-order valence-corrected chi connectivity index (χ4v) is 11.3. The number of benzene rings is 2. The van der Waals surface area contributed by atoms with Crippen LogP contribution in [0.1, 0.15) is 128 Å². The smallest absolute Gasteiger partial charge is 0.253 e. The molecular weight excluding hydrogens is 681 g/mol. The Balaban J connectivity index is 1.30. The van der Waals surface area contributed by atoms with Gasteiger partial charge in [-0.25, -0.2) is 8.93 Å². The van der Waals surface area contributed by atoms with E-state index in [-0.39, 0.29) is 34.7 Å². The van der Waals surface area contributed by atoms with Crippen LogP contribution in [-0.4, -0.2) is 80.8 Å². The minimum absolute atomic E-state index is 0.000378. The lowest BCUT2D eigenvalue weighted by molar-refractivity contribution is 0.0827. The van der Waals surface area contributed by atoms with Crippen molar-refractivity contribution < 1.29 is 18.0 Å². The first-order valence-electron chi connectivity index (χ1n) is 18.5. The van der Waals surface area contributed by atoms with Crippen molar-refractivity contribution in [3.05, 3.63) is 69.8 Å². The number of hydrogen-bond donors (Lipinski definition) is 5. The van der Waals surface area contributed by atoms with E-state index in [0.29, 0.717) is 23.4 Å². The zero-order valence-corrected chi connectivity index (χ0v) is 33.1. The molecule has 2 aliphatic carbocycles. The second-order valence-electron chi connectivity index (χ2n) is 17.2. The summed E-state index contributed by atoms with van der Waals surface area (Å²) in [5.41, 5.74) is 11.2. The second-order valence-corrected chi connectivity index (χ2v) is 21.3. The molecule has 12 heteroatoms. The SMILES string of the molecule is CN(C)C(=O)c1ccc2c(c1)C(NCS(=O)C(C)(C)CC1c3ccc(C(N)=O)cc3C(NS(=O)C(C)(C)C)C13CCNCC3)C1(CCNCC1)C2. The molecule has 5 atom stereocenters. The first kappa shape index (κ1) is 38.3. The van der Waals surface area contributed by atoms with Gasteiger partial charge in [0.25, 0.3) is 5.91 Å². The molecule has 2 amide bonds. The predicted octanol–water partition coefficient (Wildman–Crippen LogP) is 4.18. The Morgan fingerprint density at radius 3 is 2.08 bits per heavy atom. The molecule has 0 saturated carbocycles. The number of carbonyl (C=O) groups is 2. The zero-order valence-electron chi connectivity index (χ0n) is 31.4. The minimum atomic E-state index is -1.35. The van der Waals surface area contributed by atoms with Crippen LogP contribution in [0.15, 0.2) is 36.4 Å². The standard InChI is InChI=1S/C39H58N6O4S2/c1-36(2,3)51(49)44-33-30-20-25(34(40)46)10-11-28(30)31(39(33)14-18-42-19-15-39)23-37(4,5)50(48)24-43-32-29-21-26(35(47)45(6)7)8-9-27(29)22-38(32)12-16-41-17-13-38/h8-11,20-21,31-33,41-44H,12-19,22-24H2,1-7H3,(H2,40,46). The Bertz CT molecular complexity index is 1710. The molecule has 10 nitrogen and oxygen atoms in total. The van der Waals surface area contributed by atoms with Gasteiger partial charge < -0.3 is 21.3 Å². The summed E-state index contributed by atoms with van der Waals surface area (Å²) in [5.74, 6) is -0.129. The largest absolute Gasteiger partial charge is 0.366 e. The Kier molecular flexibility index (Phi) is 10.8. The molecule has 5 unspecified atom stereocenters. The van der Waals surface area contributed by atoms with Crippen molar-refractivity contribution in [1.29, 1.82) is 0 Å². The molecule has 280 valence electrons. The van der Waals surface area contributed by atoms with Gasteiger partial charge in [-0.05, 0) is 157 Å². The summed E-state index contributed by atoms with van der Waals surface area (Å²) in [5, 5.41) is 10.9. The van der Waals surface area contributed by atoms with E-state index in [0.717, 1.165) is 75.0 Å². The van der Waals surface area contributed by atoms with Gasteiger partial charge in [0.05, 0.1) is 27.7 Å². The van der Waals surface area contributed by atoms with Crippen molar-refractivity contribution in [2.45, 2.75) is 101 Å². The number of piperidine rings is 2. The van der Waals surface area contributed by atoms with E-state index in [1.165, 1.54) is 5.56 Å². The van der Waals surface area contributed by atoms with E-state index in [1.807, 2.05) is 45.0 Å². The number of rotatable bonds is 10. The number of hydrogen-bond acceptors (Lipinski definition) is 7. The summed E-state index contributed by atoms with van der Waals surface area (Å²) >= 11 is 0. The Morgan fingerprint density at radius 2 is 1.47 bits per heavy atom. The first-order chi connectivity index (χ1) is 24.0. The Hall–Kier alpha value is -2.48. The van der Waals surface area contributed by atoms with Gasteiger partial charge >= 0.3 is 0 Å². The Labute approximate surface area is 309 Å². The summed E-state index contributed by atoms with van der Waals surface area (Å²) in [7, 11) is 0.950. The fourth-order valence-electron chi connectivity index (χ4n) is 9.31. The minimum Gasteiger partial charge on any atom is -0.366 e. The number of fused-ring (bicyclic) bond motifs is 2. The van der Waals surface area contributed by atoms with Crippen LogP contribution in [-0.2, 0) is 28.2 Å². The molecule has 2 fully saturated rings. The summed E-state index contributed by atoms with van der Waals surface area (Å²) in [6.07, 6.45) is 5.37. The monoisotopic (exact) mass is 738 g/mol. The number of nitrogens with two attached hydrogens (primary N) is 1. The molecule has 2 heterocycles. The van der Waals surface area contributed by atoms with Crippen LogP contribution < -0.4 is 26.4 Å². The van der Waals surface area contributed by atoms with Crippen LogP contribution >= 0.6 is 0 Å². The zero-order chi connectivity index (χ0) is 36.9. The van der Waals surface area contributed by atoms with Crippen LogP contribution in [0.2, 0.25) is 0 Å². The van der Waals surface area contributed by atoms with Crippen LogP contribution in [0.3, 0.4) is 0 Å². The molecular formula is C39H58N6O4S2. The molecule has 0 radical (unpaired) electrons. The predicted molar refractivity (Wildman–Crippen MR) is 206 cm³/mol. The molecule has 51 heavy (non-hydrogen) atoms. The van der Waals surface area contributed by atoms with Gasteiger partial charge in [0, 0.05) is 52.2 Å². The molecule has 6 rings (SSSR count). The van der Waals surface area contributed by atoms with Crippen LogP contribution in [0.4, 0.5) is 0 Å². The maximum atomic E-state index is 14.6. The van der Waals surface area contributed by atoms with E-state index in [2.05, 4.69) is 46.7 Å². The lowest BCUT2D eigenvalue weighted by Gasteiger charge is -2.46. The van der Waals surface area contributed by atoms with Gasteiger partial charge in [0.15, 0.2) is 0 Å². The number of primary amides is 1. The first-order valence-corrected chi connectivity index (χ1v) is 21.0. The number of amides is 2. The summed E-state index contributed by atoms with van der Waals surface area (Å²) in [4.78, 5) is 27.0. The molecule has 2 aliphatic heterocycles. The van der Waals surface area contributed by atoms with Gasteiger partial charge in [-0.15, -0.1) is 0 Å². The van der Waals surface area contributed by atoms with Crippen molar-refractivity contribution in [2.24, 2.45) is 16.6 Å². The van der Waals surface area contributed by atoms with E-state index in [4.69, 9.17) is 5.73 Å². The summed E-state index contributed by atoms with van der Waals surface area (Å²) < 4.78 is 30.8. The van der Waals surface area contributed by atoms with Gasteiger partial charge in [-0.2, -0.15) is 0 Å². The molecule has 2 saturated heterocycles. The normalized spacial score (nSPS) is 25.0. The summed E-state index contributed by atoms with van der Waals surface area (Å²) in [6, 6.07) is 11.6. The number of nitrogens with one attached hydrogen (secondary N) is 4. The maximum absolute atomic E-state index is 14.6. The van der Waals surface area contributed by atoms with Gasteiger partial charge in [0.2, 0.25) is 5.91 Å². The lowest BCUT2D eigenvalue weighted by Crippen LogP contribution is -2.49. The average Bonchev–Trinajstić information content (AvgIpc) is 3.50. The third kappa shape index (κ3) is 7.25. The maximum Gasteiger partial charge on any atom is 0.253 e. The van der Waals surface area contributed by atoms with Crippen molar-refractivity contribution in [3.8, 4) is 0 Å². The topological polar surface area (TPSA) is 146 Å². The van der Waals surface area contributed by atoms with Crippen LogP contribution in [0.5, 0.6) is 0 Å². The Morgan fingerprint density at radius 1 is 0.863 bits per heavy atom. The number of nitrogens with zero attached hydrogens (tertiary/aromatic N) is 1. The fraction of sp³-hybridized carbons (Fsp3) is 0.641. The quantitative estimate of drug-likeness (QED) is 0.246. The van der Waals surface area contributed by atoms with Gasteiger partial charge in [-0.1, -0.05) is 12.1 Å².